The molecular formula is C18H15F2N5. The van der Waals surface area contributed by atoms with Crippen molar-refractivity contribution >= 4 is 5.65 Å². The first kappa shape index (κ1) is 15.4. The smallest absolute Gasteiger partial charge is 0.160 e. The van der Waals surface area contributed by atoms with Gasteiger partial charge in [-0.1, -0.05) is 13.8 Å². The summed E-state index contributed by atoms with van der Waals surface area (Å²) < 4.78 is 29.6. The highest BCUT2D eigenvalue weighted by atomic mass is 19.1. The number of fused-ring (bicyclic) bond motifs is 1. The van der Waals surface area contributed by atoms with Gasteiger partial charge in [0, 0.05) is 23.2 Å². The Morgan fingerprint density at radius 3 is 2.72 bits per heavy atom. The van der Waals surface area contributed by atoms with Crippen LogP contribution in [0.1, 0.15) is 25.6 Å². The molecule has 1 aromatic carbocycles. The van der Waals surface area contributed by atoms with Crippen molar-refractivity contribution in [3.8, 4) is 22.5 Å². The molecule has 0 saturated carbocycles. The first-order valence-corrected chi connectivity index (χ1v) is 7.88. The van der Waals surface area contributed by atoms with Crippen LogP contribution in [0.2, 0.25) is 0 Å². The zero-order chi connectivity index (χ0) is 17.6. The molecule has 4 rings (SSSR count). The van der Waals surface area contributed by atoms with Gasteiger partial charge >= 0.3 is 0 Å². The van der Waals surface area contributed by atoms with E-state index < -0.39 is 11.6 Å². The van der Waals surface area contributed by atoms with E-state index in [0.29, 0.717) is 11.4 Å². The number of benzene rings is 1. The van der Waals surface area contributed by atoms with Crippen LogP contribution in [0.25, 0.3) is 28.2 Å². The van der Waals surface area contributed by atoms with Gasteiger partial charge in [-0.3, -0.25) is 4.40 Å². The highest BCUT2D eigenvalue weighted by Gasteiger charge is 2.17. The van der Waals surface area contributed by atoms with Crippen LogP contribution in [0.15, 0.2) is 42.9 Å². The molecule has 0 fully saturated rings. The third-order valence-electron chi connectivity index (χ3n) is 4.06. The second-order valence-electron chi connectivity index (χ2n) is 6.11. The van der Waals surface area contributed by atoms with Crippen LogP contribution in [0, 0.1) is 11.6 Å². The maximum atomic E-state index is 14.2. The minimum absolute atomic E-state index is 0.139. The molecule has 0 amide bonds. The number of halogens is 2. The molecule has 0 atom stereocenters. The number of hydrogen-bond donors (Lipinski definition) is 1. The quantitative estimate of drug-likeness (QED) is 0.609. The lowest BCUT2D eigenvalue weighted by Crippen LogP contribution is -1.97. The maximum absolute atomic E-state index is 14.2. The fourth-order valence-corrected chi connectivity index (χ4v) is 2.85. The standard InChI is InChI=1S/C18H15F2N5/c1-10(2)18-24-23-15-6-3-11(8-25(15)18)16-17(22-9-21-16)13-7-12(19)4-5-14(13)20/h3-10H,1-2H3,(H,21,22). The normalized spacial score (nSPS) is 11.6. The number of hydrogen-bond acceptors (Lipinski definition) is 3. The van der Waals surface area contributed by atoms with E-state index in [4.69, 9.17) is 0 Å². The van der Waals surface area contributed by atoms with Crippen molar-refractivity contribution in [2.45, 2.75) is 19.8 Å². The lowest BCUT2D eigenvalue weighted by Gasteiger charge is -2.07. The van der Waals surface area contributed by atoms with E-state index >= 15 is 0 Å². The molecule has 1 N–H and O–H groups in total. The van der Waals surface area contributed by atoms with E-state index in [0.717, 1.165) is 35.2 Å². The molecule has 0 saturated heterocycles. The predicted octanol–water partition coefficient (Wildman–Crippen LogP) is 4.19. The first-order chi connectivity index (χ1) is 12.0. The average molecular weight is 339 g/mol. The Labute approximate surface area is 142 Å². The van der Waals surface area contributed by atoms with Gasteiger partial charge in [-0.05, 0) is 30.3 Å². The van der Waals surface area contributed by atoms with E-state index in [-0.39, 0.29) is 11.5 Å². The summed E-state index contributed by atoms with van der Waals surface area (Å²) in [4.78, 5) is 7.21. The Bertz CT molecular complexity index is 1060. The van der Waals surface area contributed by atoms with E-state index in [1.54, 1.807) is 0 Å². The Balaban J connectivity index is 1.89. The summed E-state index contributed by atoms with van der Waals surface area (Å²) in [6, 6.07) is 7.02. The van der Waals surface area contributed by atoms with Crippen molar-refractivity contribution in [2.24, 2.45) is 0 Å². The van der Waals surface area contributed by atoms with Gasteiger partial charge in [0.05, 0.1) is 17.7 Å². The number of aromatic nitrogens is 5. The van der Waals surface area contributed by atoms with Gasteiger partial charge in [0.25, 0.3) is 0 Å². The molecule has 0 unspecified atom stereocenters. The topological polar surface area (TPSA) is 58.9 Å². The van der Waals surface area contributed by atoms with Crippen molar-refractivity contribution in [3.05, 3.63) is 60.3 Å². The molecule has 7 heteroatoms. The number of H-pyrrole nitrogens is 1. The van der Waals surface area contributed by atoms with Crippen molar-refractivity contribution in [1.82, 2.24) is 24.6 Å². The molecule has 0 spiro atoms. The van der Waals surface area contributed by atoms with Crippen LogP contribution >= 0.6 is 0 Å². The fraction of sp³-hybridized carbons (Fsp3) is 0.167. The Hall–Kier alpha value is -3.09. The summed E-state index contributed by atoms with van der Waals surface area (Å²) in [6.45, 7) is 4.07. The summed E-state index contributed by atoms with van der Waals surface area (Å²) in [5.41, 5.74) is 2.58. The summed E-state index contributed by atoms with van der Waals surface area (Å²) >= 11 is 0. The minimum Gasteiger partial charge on any atom is -0.344 e. The Morgan fingerprint density at radius 2 is 1.92 bits per heavy atom. The number of rotatable bonds is 3. The molecule has 3 aromatic heterocycles. The number of nitrogens with zero attached hydrogens (tertiary/aromatic N) is 4. The average Bonchev–Trinajstić information content (AvgIpc) is 3.22. The zero-order valence-corrected chi connectivity index (χ0v) is 13.7. The van der Waals surface area contributed by atoms with E-state index in [1.165, 1.54) is 6.33 Å². The summed E-state index contributed by atoms with van der Waals surface area (Å²) in [6.07, 6.45) is 3.33. The SMILES string of the molecule is CC(C)c1nnc2ccc(-c3nc[nH]c3-c3cc(F)ccc3F)cn12. The largest absolute Gasteiger partial charge is 0.344 e. The third-order valence-corrected chi connectivity index (χ3v) is 4.06. The van der Waals surface area contributed by atoms with Gasteiger partial charge in [0.1, 0.15) is 17.5 Å². The van der Waals surface area contributed by atoms with Gasteiger partial charge in [-0.2, -0.15) is 0 Å². The highest BCUT2D eigenvalue weighted by Crippen LogP contribution is 2.31. The summed E-state index contributed by atoms with van der Waals surface area (Å²) in [5, 5.41) is 8.34. The number of pyridine rings is 1. The Kier molecular flexibility index (Phi) is 3.56. The van der Waals surface area contributed by atoms with Crippen LogP contribution in [0.3, 0.4) is 0 Å². The number of imidazole rings is 1. The molecule has 25 heavy (non-hydrogen) atoms. The van der Waals surface area contributed by atoms with Crippen LogP contribution in [-0.4, -0.2) is 24.6 Å². The molecular weight excluding hydrogens is 324 g/mol. The second kappa shape index (κ2) is 5.77. The number of aromatic amines is 1. The monoisotopic (exact) mass is 339 g/mol. The van der Waals surface area contributed by atoms with E-state index in [1.807, 2.05) is 36.6 Å². The van der Waals surface area contributed by atoms with Crippen molar-refractivity contribution in [2.75, 3.05) is 0 Å². The lowest BCUT2D eigenvalue weighted by molar-refractivity contribution is 0.603. The van der Waals surface area contributed by atoms with Gasteiger partial charge in [-0.25, -0.2) is 13.8 Å². The van der Waals surface area contributed by atoms with Gasteiger partial charge in [-0.15, -0.1) is 10.2 Å². The molecule has 4 aromatic rings. The maximum Gasteiger partial charge on any atom is 0.160 e. The molecule has 5 nitrogen and oxygen atoms in total. The second-order valence-corrected chi connectivity index (χ2v) is 6.11. The lowest BCUT2D eigenvalue weighted by atomic mass is 10.1. The van der Waals surface area contributed by atoms with Crippen molar-refractivity contribution < 1.29 is 8.78 Å². The van der Waals surface area contributed by atoms with Crippen LogP contribution in [-0.2, 0) is 0 Å². The fourth-order valence-electron chi connectivity index (χ4n) is 2.85. The van der Waals surface area contributed by atoms with Crippen LogP contribution in [0.4, 0.5) is 8.78 Å². The third kappa shape index (κ3) is 2.57. The Morgan fingerprint density at radius 1 is 1.08 bits per heavy atom. The molecule has 0 bridgehead atoms. The minimum atomic E-state index is -0.514. The summed E-state index contributed by atoms with van der Waals surface area (Å²) in [5.74, 6) is 0.00360. The van der Waals surface area contributed by atoms with Gasteiger partial charge in [0.15, 0.2) is 5.65 Å². The first-order valence-electron chi connectivity index (χ1n) is 7.88. The molecule has 0 aliphatic rings. The molecule has 0 radical (unpaired) electrons. The van der Waals surface area contributed by atoms with Crippen molar-refractivity contribution in [1.29, 1.82) is 0 Å². The molecule has 0 aliphatic heterocycles. The van der Waals surface area contributed by atoms with Crippen LogP contribution < -0.4 is 0 Å². The molecule has 0 aliphatic carbocycles. The predicted molar refractivity (Wildman–Crippen MR) is 90.0 cm³/mol. The molecule has 3 heterocycles. The summed E-state index contributed by atoms with van der Waals surface area (Å²) in [7, 11) is 0. The molecule has 126 valence electrons. The van der Waals surface area contributed by atoms with E-state index in [9.17, 15) is 8.78 Å². The zero-order valence-electron chi connectivity index (χ0n) is 13.7. The van der Waals surface area contributed by atoms with E-state index in [2.05, 4.69) is 20.2 Å². The van der Waals surface area contributed by atoms with Crippen molar-refractivity contribution in [3.63, 3.8) is 0 Å². The highest BCUT2D eigenvalue weighted by molar-refractivity contribution is 5.78. The van der Waals surface area contributed by atoms with Crippen LogP contribution in [0.5, 0.6) is 0 Å². The number of nitrogens with one attached hydrogen (secondary N) is 1. The van der Waals surface area contributed by atoms with Gasteiger partial charge < -0.3 is 4.98 Å². The van der Waals surface area contributed by atoms with Gasteiger partial charge in [0.2, 0.25) is 0 Å².